The minimum Gasteiger partial charge on any atom is -0.379 e. The molecule has 0 aliphatic heterocycles. The summed E-state index contributed by atoms with van der Waals surface area (Å²) in [6.45, 7) is 6.47. The van der Waals surface area contributed by atoms with E-state index < -0.39 is 17.2 Å². The van der Waals surface area contributed by atoms with Crippen molar-refractivity contribution in [3.8, 4) is 0 Å². The zero-order valence-electron chi connectivity index (χ0n) is 11.4. The van der Waals surface area contributed by atoms with Crippen LogP contribution in [0, 0.1) is 11.6 Å². The van der Waals surface area contributed by atoms with Crippen LogP contribution in [0.25, 0.3) is 0 Å². The van der Waals surface area contributed by atoms with Gasteiger partial charge in [0, 0.05) is 18.7 Å². The van der Waals surface area contributed by atoms with Crippen LogP contribution < -0.4 is 5.32 Å². The quantitative estimate of drug-likeness (QED) is 0.843. The predicted molar refractivity (Wildman–Crippen MR) is 68.5 cm³/mol. The van der Waals surface area contributed by atoms with E-state index in [0.717, 1.165) is 6.07 Å². The van der Waals surface area contributed by atoms with Crippen molar-refractivity contribution in [3.63, 3.8) is 0 Å². The van der Waals surface area contributed by atoms with Crippen LogP contribution in [-0.4, -0.2) is 19.3 Å². The zero-order chi connectivity index (χ0) is 13.8. The number of rotatable bonds is 6. The molecule has 0 saturated heterocycles. The van der Waals surface area contributed by atoms with E-state index in [9.17, 15) is 8.78 Å². The molecular weight excluding hydrogens is 236 g/mol. The molecule has 0 aliphatic carbocycles. The minimum atomic E-state index is -0.814. The fourth-order valence-corrected chi connectivity index (χ4v) is 1.90. The SMILES string of the molecule is CCNC(CC(C)(C)OC)c1cccc(F)c1F. The standard InChI is InChI=1S/C14H21F2NO/c1-5-17-12(9-14(2,3)18-4)10-7-6-8-11(15)13(10)16/h6-8,12,17H,5,9H2,1-4H3. The summed E-state index contributed by atoms with van der Waals surface area (Å²) in [4.78, 5) is 0. The Morgan fingerprint density at radius 1 is 1.33 bits per heavy atom. The summed E-state index contributed by atoms with van der Waals surface area (Å²) in [5, 5.41) is 3.17. The van der Waals surface area contributed by atoms with Crippen LogP contribution in [-0.2, 0) is 4.74 Å². The second-order valence-corrected chi connectivity index (χ2v) is 4.92. The van der Waals surface area contributed by atoms with Crippen molar-refractivity contribution in [2.45, 2.75) is 38.8 Å². The average Bonchev–Trinajstić information content (AvgIpc) is 2.32. The highest BCUT2D eigenvalue weighted by molar-refractivity contribution is 5.23. The van der Waals surface area contributed by atoms with Gasteiger partial charge in [0.15, 0.2) is 11.6 Å². The molecule has 0 fully saturated rings. The summed E-state index contributed by atoms with van der Waals surface area (Å²) in [6.07, 6.45) is 0.567. The molecule has 1 aromatic carbocycles. The van der Waals surface area contributed by atoms with Crippen molar-refractivity contribution >= 4 is 0 Å². The van der Waals surface area contributed by atoms with Gasteiger partial charge >= 0.3 is 0 Å². The molecule has 0 heterocycles. The molecule has 1 aromatic rings. The Morgan fingerprint density at radius 3 is 2.56 bits per heavy atom. The maximum absolute atomic E-state index is 13.8. The smallest absolute Gasteiger partial charge is 0.163 e. The number of benzene rings is 1. The molecule has 0 amide bonds. The number of halogens is 2. The Balaban J connectivity index is 3.01. The van der Waals surface area contributed by atoms with E-state index in [1.165, 1.54) is 6.07 Å². The molecule has 0 spiro atoms. The molecule has 0 aliphatic rings. The Hall–Kier alpha value is -1.00. The largest absolute Gasteiger partial charge is 0.379 e. The highest BCUT2D eigenvalue weighted by Crippen LogP contribution is 2.28. The number of ether oxygens (including phenoxy) is 1. The molecule has 102 valence electrons. The fourth-order valence-electron chi connectivity index (χ4n) is 1.90. The van der Waals surface area contributed by atoms with E-state index in [1.807, 2.05) is 20.8 Å². The first-order valence-electron chi connectivity index (χ1n) is 6.13. The van der Waals surface area contributed by atoms with Crippen molar-refractivity contribution in [2.24, 2.45) is 0 Å². The molecule has 0 aromatic heterocycles. The minimum absolute atomic E-state index is 0.263. The number of hydrogen-bond acceptors (Lipinski definition) is 2. The third-order valence-electron chi connectivity index (χ3n) is 3.06. The van der Waals surface area contributed by atoms with Gasteiger partial charge in [0.05, 0.1) is 5.60 Å². The summed E-state index contributed by atoms with van der Waals surface area (Å²) in [7, 11) is 1.62. The van der Waals surface area contributed by atoms with Crippen molar-refractivity contribution in [1.29, 1.82) is 0 Å². The van der Waals surface area contributed by atoms with Crippen molar-refractivity contribution in [3.05, 3.63) is 35.4 Å². The van der Waals surface area contributed by atoms with Crippen LogP contribution in [0.2, 0.25) is 0 Å². The van der Waals surface area contributed by atoms with Gasteiger partial charge in [0.1, 0.15) is 0 Å². The van der Waals surface area contributed by atoms with Gasteiger partial charge in [-0.05, 0) is 32.9 Å². The molecule has 1 unspecified atom stereocenters. The fraction of sp³-hybridized carbons (Fsp3) is 0.571. The number of hydrogen-bond donors (Lipinski definition) is 1. The Morgan fingerprint density at radius 2 is 2.00 bits per heavy atom. The summed E-state index contributed by atoms with van der Waals surface area (Å²) in [5.41, 5.74) is -0.0482. The first-order valence-corrected chi connectivity index (χ1v) is 6.13. The van der Waals surface area contributed by atoms with Gasteiger partial charge in [-0.1, -0.05) is 19.1 Å². The summed E-state index contributed by atoms with van der Waals surface area (Å²) >= 11 is 0. The van der Waals surface area contributed by atoms with Crippen LogP contribution in [0.3, 0.4) is 0 Å². The van der Waals surface area contributed by atoms with E-state index in [2.05, 4.69) is 5.32 Å². The van der Waals surface area contributed by atoms with E-state index >= 15 is 0 Å². The average molecular weight is 257 g/mol. The van der Waals surface area contributed by atoms with Gasteiger partial charge in [-0.25, -0.2) is 8.78 Å². The lowest BCUT2D eigenvalue weighted by atomic mass is 9.93. The zero-order valence-corrected chi connectivity index (χ0v) is 11.4. The van der Waals surface area contributed by atoms with Crippen LogP contribution in [0.1, 0.15) is 38.8 Å². The van der Waals surface area contributed by atoms with Gasteiger partial charge in [-0.3, -0.25) is 0 Å². The summed E-state index contributed by atoms with van der Waals surface area (Å²) in [6, 6.07) is 4.00. The second-order valence-electron chi connectivity index (χ2n) is 4.92. The van der Waals surface area contributed by atoms with Gasteiger partial charge in [-0.2, -0.15) is 0 Å². The van der Waals surface area contributed by atoms with Crippen molar-refractivity contribution in [2.75, 3.05) is 13.7 Å². The third-order valence-corrected chi connectivity index (χ3v) is 3.06. The van der Waals surface area contributed by atoms with Gasteiger partial charge in [0.2, 0.25) is 0 Å². The van der Waals surface area contributed by atoms with Crippen LogP contribution in [0.4, 0.5) is 8.78 Å². The predicted octanol–water partition coefficient (Wildman–Crippen LogP) is 3.43. The molecule has 0 bridgehead atoms. The van der Waals surface area contributed by atoms with Crippen LogP contribution in [0.5, 0.6) is 0 Å². The lowest BCUT2D eigenvalue weighted by Gasteiger charge is -2.29. The maximum atomic E-state index is 13.8. The van der Waals surface area contributed by atoms with Crippen molar-refractivity contribution in [1.82, 2.24) is 5.32 Å². The van der Waals surface area contributed by atoms with Gasteiger partial charge in [0.25, 0.3) is 0 Å². The lowest BCUT2D eigenvalue weighted by molar-refractivity contribution is 0.00666. The highest BCUT2D eigenvalue weighted by Gasteiger charge is 2.26. The molecule has 0 saturated carbocycles. The van der Waals surface area contributed by atoms with Gasteiger partial charge in [-0.15, -0.1) is 0 Å². The molecule has 1 N–H and O–H groups in total. The molecule has 0 radical (unpaired) electrons. The van der Waals surface area contributed by atoms with E-state index in [1.54, 1.807) is 13.2 Å². The van der Waals surface area contributed by atoms with Crippen molar-refractivity contribution < 1.29 is 13.5 Å². The topological polar surface area (TPSA) is 21.3 Å². The monoisotopic (exact) mass is 257 g/mol. The summed E-state index contributed by atoms with van der Waals surface area (Å²) < 4.78 is 32.4. The molecule has 2 nitrogen and oxygen atoms in total. The Kier molecular flexibility index (Phi) is 5.23. The summed E-state index contributed by atoms with van der Waals surface area (Å²) in [5.74, 6) is -1.60. The molecule has 1 rings (SSSR count). The third kappa shape index (κ3) is 3.75. The van der Waals surface area contributed by atoms with E-state index in [4.69, 9.17) is 4.74 Å². The lowest BCUT2D eigenvalue weighted by Crippen LogP contribution is -2.32. The molecular formula is C14H21F2NO. The molecule has 18 heavy (non-hydrogen) atoms. The number of nitrogens with one attached hydrogen (secondary N) is 1. The normalized spacial score (nSPS) is 13.7. The maximum Gasteiger partial charge on any atom is 0.163 e. The second kappa shape index (κ2) is 6.25. The highest BCUT2D eigenvalue weighted by atomic mass is 19.2. The van der Waals surface area contributed by atoms with E-state index in [0.29, 0.717) is 18.5 Å². The van der Waals surface area contributed by atoms with Crippen LogP contribution >= 0.6 is 0 Å². The molecule has 4 heteroatoms. The molecule has 1 atom stereocenters. The first-order chi connectivity index (χ1) is 8.41. The Labute approximate surface area is 107 Å². The van der Waals surface area contributed by atoms with Gasteiger partial charge < -0.3 is 10.1 Å². The number of methoxy groups -OCH3 is 1. The van der Waals surface area contributed by atoms with Crippen LogP contribution in [0.15, 0.2) is 18.2 Å². The van der Waals surface area contributed by atoms with E-state index in [-0.39, 0.29) is 6.04 Å². The Bertz CT molecular complexity index is 393. The first kappa shape index (κ1) is 15.1.